The highest BCUT2D eigenvalue weighted by molar-refractivity contribution is 5.79. The third kappa shape index (κ3) is 3.71. The number of nitrogens with one attached hydrogen (secondary N) is 1. The molecule has 4 heteroatoms. The molecule has 0 aliphatic carbocycles. The van der Waals surface area contributed by atoms with Crippen LogP contribution in [0.5, 0.6) is 0 Å². The number of aromatic amines is 1. The van der Waals surface area contributed by atoms with Crippen molar-refractivity contribution in [2.24, 2.45) is 0 Å². The average Bonchev–Trinajstić information content (AvgIpc) is 2.57. The minimum absolute atomic E-state index is 0.0419. The van der Waals surface area contributed by atoms with E-state index in [1.807, 2.05) is 25.1 Å². The first kappa shape index (κ1) is 16.4. The fourth-order valence-electron chi connectivity index (χ4n) is 2.87. The first-order valence-electron chi connectivity index (χ1n) is 8.14. The molecule has 0 atom stereocenters. The number of H-pyrrole nitrogens is 1. The number of hydrogen-bond acceptors (Lipinski definition) is 2. The smallest absolute Gasteiger partial charge is 0.189 e. The van der Waals surface area contributed by atoms with Gasteiger partial charge in [-0.25, -0.2) is 4.39 Å². The lowest BCUT2D eigenvalue weighted by molar-refractivity contribution is 0.268. The van der Waals surface area contributed by atoms with Gasteiger partial charge in [0, 0.05) is 35.8 Å². The monoisotopic (exact) mass is 324 g/mol. The van der Waals surface area contributed by atoms with E-state index in [2.05, 4.69) is 16.8 Å². The van der Waals surface area contributed by atoms with Crippen molar-refractivity contribution >= 4 is 10.9 Å². The van der Waals surface area contributed by atoms with E-state index in [4.69, 9.17) is 0 Å². The van der Waals surface area contributed by atoms with Crippen LogP contribution >= 0.6 is 0 Å². The van der Waals surface area contributed by atoms with Crippen molar-refractivity contribution in [2.45, 2.75) is 26.9 Å². The molecule has 0 unspecified atom stereocenters. The lowest BCUT2D eigenvalue weighted by atomic mass is 10.1. The van der Waals surface area contributed by atoms with Crippen LogP contribution in [0.3, 0.4) is 0 Å². The molecule has 0 spiro atoms. The Morgan fingerprint density at radius 3 is 2.50 bits per heavy atom. The number of rotatable bonds is 5. The number of aryl methyl sites for hydroxylation is 1. The highest BCUT2D eigenvalue weighted by atomic mass is 19.1. The molecule has 24 heavy (non-hydrogen) atoms. The molecule has 0 aliphatic heterocycles. The Morgan fingerprint density at radius 2 is 1.79 bits per heavy atom. The van der Waals surface area contributed by atoms with Crippen LogP contribution in [-0.4, -0.2) is 16.4 Å². The van der Waals surface area contributed by atoms with Crippen molar-refractivity contribution in [3.05, 3.63) is 81.4 Å². The molecule has 124 valence electrons. The fraction of sp³-hybridized carbons (Fsp3) is 0.250. The SMILES string of the molecule is CCN(Cc1ccc(F)cc1)Cc1cc(=O)c2cc(C)ccc2[nH]1. The van der Waals surface area contributed by atoms with E-state index >= 15 is 0 Å². The minimum Gasteiger partial charge on any atom is -0.357 e. The number of halogens is 1. The van der Waals surface area contributed by atoms with Gasteiger partial charge >= 0.3 is 0 Å². The van der Waals surface area contributed by atoms with Gasteiger partial charge in [-0.1, -0.05) is 30.7 Å². The molecule has 3 aromatic rings. The van der Waals surface area contributed by atoms with Crippen molar-refractivity contribution in [1.29, 1.82) is 0 Å². The number of pyridine rings is 1. The van der Waals surface area contributed by atoms with Gasteiger partial charge in [-0.3, -0.25) is 9.69 Å². The minimum atomic E-state index is -0.226. The first-order chi connectivity index (χ1) is 11.5. The number of aromatic nitrogens is 1. The van der Waals surface area contributed by atoms with Crippen molar-refractivity contribution < 1.29 is 4.39 Å². The molecule has 1 N–H and O–H groups in total. The van der Waals surface area contributed by atoms with Crippen molar-refractivity contribution in [3.63, 3.8) is 0 Å². The molecule has 3 rings (SSSR count). The van der Waals surface area contributed by atoms with Crippen LogP contribution in [-0.2, 0) is 13.1 Å². The van der Waals surface area contributed by atoms with Gasteiger partial charge in [0.15, 0.2) is 5.43 Å². The Labute approximate surface area is 140 Å². The van der Waals surface area contributed by atoms with Gasteiger partial charge < -0.3 is 4.98 Å². The number of hydrogen-bond donors (Lipinski definition) is 1. The zero-order valence-electron chi connectivity index (χ0n) is 14.0. The maximum Gasteiger partial charge on any atom is 0.189 e. The molecule has 0 aliphatic rings. The van der Waals surface area contributed by atoms with Crippen molar-refractivity contribution in [3.8, 4) is 0 Å². The summed E-state index contributed by atoms with van der Waals surface area (Å²) >= 11 is 0. The van der Waals surface area contributed by atoms with E-state index in [1.165, 1.54) is 12.1 Å². The summed E-state index contributed by atoms with van der Waals surface area (Å²) in [6, 6.07) is 14.1. The zero-order valence-corrected chi connectivity index (χ0v) is 14.0. The maximum atomic E-state index is 13.0. The van der Waals surface area contributed by atoms with E-state index in [-0.39, 0.29) is 11.2 Å². The Morgan fingerprint density at radius 1 is 1.04 bits per heavy atom. The van der Waals surface area contributed by atoms with Crippen LogP contribution in [0.1, 0.15) is 23.7 Å². The highest BCUT2D eigenvalue weighted by Gasteiger charge is 2.08. The second-order valence-corrected chi connectivity index (χ2v) is 6.14. The van der Waals surface area contributed by atoms with Gasteiger partial charge in [0.1, 0.15) is 5.82 Å². The van der Waals surface area contributed by atoms with Gasteiger partial charge in [0.25, 0.3) is 0 Å². The molecule has 1 heterocycles. The molecule has 0 saturated carbocycles. The van der Waals surface area contributed by atoms with Crippen LogP contribution in [0.25, 0.3) is 10.9 Å². The maximum absolute atomic E-state index is 13.0. The summed E-state index contributed by atoms with van der Waals surface area (Å²) in [4.78, 5) is 17.9. The van der Waals surface area contributed by atoms with Gasteiger partial charge in [0.2, 0.25) is 0 Å². The molecule has 0 fully saturated rings. The van der Waals surface area contributed by atoms with Crippen LogP contribution in [0, 0.1) is 12.7 Å². The first-order valence-corrected chi connectivity index (χ1v) is 8.14. The number of nitrogens with zero attached hydrogens (tertiary/aromatic N) is 1. The summed E-state index contributed by atoms with van der Waals surface area (Å²) in [7, 11) is 0. The Bertz CT molecular complexity index is 900. The summed E-state index contributed by atoms with van der Waals surface area (Å²) in [6.45, 7) is 6.25. The lowest BCUT2D eigenvalue weighted by Gasteiger charge is -2.20. The predicted molar refractivity (Wildman–Crippen MR) is 95.5 cm³/mol. The average molecular weight is 324 g/mol. The Balaban J connectivity index is 1.83. The van der Waals surface area contributed by atoms with E-state index in [1.54, 1.807) is 18.2 Å². The van der Waals surface area contributed by atoms with Crippen molar-refractivity contribution in [2.75, 3.05) is 6.54 Å². The molecule has 0 bridgehead atoms. The summed E-state index contributed by atoms with van der Waals surface area (Å²) in [6.07, 6.45) is 0. The largest absolute Gasteiger partial charge is 0.357 e. The molecule has 1 aromatic heterocycles. The summed E-state index contributed by atoms with van der Waals surface area (Å²) < 4.78 is 13.0. The van der Waals surface area contributed by atoms with E-state index in [0.717, 1.165) is 34.3 Å². The number of benzene rings is 2. The molecule has 0 saturated heterocycles. The predicted octanol–water partition coefficient (Wildman–Crippen LogP) is 4.00. The van der Waals surface area contributed by atoms with Crippen LogP contribution < -0.4 is 5.43 Å². The quantitative estimate of drug-likeness (QED) is 0.770. The van der Waals surface area contributed by atoms with Gasteiger partial charge in [-0.15, -0.1) is 0 Å². The second kappa shape index (κ2) is 6.97. The second-order valence-electron chi connectivity index (χ2n) is 6.14. The topological polar surface area (TPSA) is 36.1 Å². The Hall–Kier alpha value is -2.46. The molecular weight excluding hydrogens is 303 g/mol. The standard InChI is InChI=1S/C20H21FN2O/c1-3-23(12-15-5-7-16(21)8-6-15)13-17-11-20(24)18-10-14(2)4-9-19(18)22-17/h4-11H,3,12-13H2,1-2H3,(H,22,24). The van der Waals surface area contributed by atoms with Gasteiger partial charge in [0.05, 0.1) is 0 Å². The van der Waals surface area contributed by atoms with E-state index in [9.17, 15) is 9.18 Å². The molecule has 0 amide bonds. The summed E-state index contributed by atoms with van der Waals surface area (Å²) in [5.41, 5.74) is 3.92. The molecule has 2 aromatic carbocycles. The molecule has 3 nitrogen and oxygen atoms in total. The third-order valence-corrected chi connectivity index (χ3v) is 4.20. The van der Waals surface area contributed by atoms with Gasteiger partial charge in [-0.05, 0) is 43.3 Å². The lowest BCUT2D eigenvalue weighted by Crippen LogP contribution is -2.23. The zero-order chi connectivity index (χ0) is 17.1. The van der Waals surface area contributed by atoms with Crippen molar-refractivity contribution in [1.82, 2.24) is 9.88 Å². The van der Waals surface area contributed by atoms with E-state index < -0.39 is 0 Å². The molecular formula is C20H21FN2O. The summed E-state index contributed by atoms with van der Waals surface area (Å²) in [5.74, 6) is -0.226. The van der Waals surface area contributed by atoms with Crippen LogP contribution in [0.4, 0.5) is 4.39 Å². The van der Waals surface area contributed by atoms with Crippen LogP contribution in [0.15, 0.2) is 53.3 Å². The van der Waals surface area contributed by atoms with Crippen LogP contribution in [0.2, 0.25) is 0 Å². The van der Waals surface area contributed by atoms with Gasteiger partial charge in [-0.2, -0.15) is 0 Å². The van der Waals surface area contributed by atoms with E-state index in [0.29, 0.717) is 13.1 Å². The molecule has 0 radical (unpaired) electrons. The fourth-order valence-corrected chi connectivity index (χ4v) is 2.87. The summed E-state index contributed by atoms with van der Waals surface area (Å²) in [5, 5.41) is 0.723. The normalized spacial score (nSPS) is 11.3. The third-order valence-electron chi connectivity index (χ3n) is 4.20. The Kier molecular flexibility index (Phi) is 4.76. The highest BCUT2D eigenvalue weighted by Crippen LogP contribution is 2.13. The number of fused-ring (bicyclic) bond motifs is 1.